The second-order valence-electron chi connectivity index (χ2n) is 6.70. The van der Waals surface area contributed by atoms with E-state index in [1.165, 1.54) is 0 Å². The maximum absolute atomic E-state index is 13.1. The lowest BCUT2D eigenvalue weighted by molar-refractivity contribution is -0.119. The number of benzene rings is 1. The van der Waals surface area contributed by atoms with Gasteiger partial charge in [-0.1, -0.05) is 0 Å². The Morgan fingerprint density at radius 3 is 2.61 bits per heavy atom. The Morgan fingerprint density at radius 2 is 2.00 bits per heavy atom. The summed E-state index contributed by atoms with van der Waals surface area (Å²) < 4.78 is 7.12. The fourth-order valence-corrected chi connectivity index (χ4v) is 3.14. The Hall–Kier alpha value is -3.14. The smallest absolute Gasteiger partial charge is 0.227 e. The Balaban J connectivity index is 1.75. The summed E-state index contributed by atoms with van der Waals surface area (Å²) in [7, 11) is 1.62. The minimum absolute atomic E-state index is 0.0198. The number of nitrogens with zero attached hydrogens (tertiary/aromatic N) is 5. The first-order valence-corrected chi connectivity index (χ1v) is 9.43. The van der Waals surface area contributed by atoms with Crippen LogP contribution < -0.4 is 9.64 Å². The van der Waals surface area contributed by atoms with Gasteiger partial charge in [-0.25, -0.2) is 0 Å². The molecule has 146 valence electrons. The molecule has 0 aliphatic carbocycles. The fraction of sp³-hybridized carbons (Fsp3) is 0.429. The van der Waals surface area contributed by atoms with E-state index in [0.29, 0.717) is 32.2 Å². The van der Waals surface area contributed by atoms with Gasteiger partial charge in [0.1, 0.15) is 5.75 Å². The van der Waals surface area contributed by atoms with Crippen LogP contribution in [0, 0.1) is 12.3 Å². The molecule has 3 rings (SSSR count). The van der Waals surface area contributed by atoms with Gasteiger partial charge < -0.3 is 9.64 Å². The summed E-state index contributed by atoms with van der Waals surface area (Å²) in [6.45, 7) is 3.23. The molecule has 7 nitrogen and oxygen atoms in total. The average Bonchev–Trinajstić information content (AvgIpc) is 3.36. The van der Waals surface area contributed by atoms with Crippen LogP contribution in [0.2, 0.25) is 0 Å². The van der Waals surface area contributed by atoms with Gasteiger partial charge in [0.2, 0.25) is 5.91 Å². The largest absolute Gasteiger partial charge is 0.497 e. The van der Waals surface area contributed by atoms with E-state index in [-0.39, 0.29) is 5.91 Å². The van der Waals surface area contributed by atoms with Crippen LogP contribution in [-0.2, 0) is 17.9 Å². The van der Waals surface area contributed by atoms with Crippen LogP contribution in [0.3, 0.4) is 0 Å². The van der Waals surface area contributed by atoms with E-state index in [9.17, 15) is 4.79 Å². The van der Waals surface area contributed by atoms with Gasteiger partial charge >= 0.3 is 0 Å². The van der Waals surface area contributed by atoms with Crippen LogP contribution in [0.4, 0.5) is 5.69 Å². The van der Waals surface area contributed by atoms with E-state index in [4.69, 9.17) is 11.2 Å². The Morgan fingerprint density at radius 1 is 1.25 bits per heavy atom. The summed E-state index contributed by atoms with van der Waals surface area (Å²) in [4.78, 5) is 14.9. The first kappa shape index (κ1) is 19.6. The molecule has 0 unspecified atom stereocenters. The number of aryl methyl sites for hydroxylation is 1. The summed E-state index contributed by atoms with van der Waals surface area (Å²) >= 11 is 0. The molecule has 0 saturated carbocycles. The molecular weight excluding hydrogens is 354 g/mol. The van der Waals surface area contributed by atoms with E-state index in [1.54, 1.807) is 18.2 Å². The summed E-state index contributed by atoms with van der Waals surface area (Å²) in [6, 6.07) is 9.43. The number of methoxy groups -OCH3 is 1. The zero-order valence-electron chi connectivity index (χ0n) is 16.3. The summed E-state index contributed by atoms with van der Waals surface area (Å²) in [6.07, 6.45) is 9.33. The van der Waals surface area contributed by atoms with Crippen molar-refractivity contribution >= 4 is 11.6 Å². The lowest BCUT2D eigenvalue weighted by Gasteiger charge is -2.24. The molecule has 0 radical (unpaired) electrons. The number of hydrogen-bond acceptors (Lipinski definition) is 5. The molecular formula is C21H25N5O2. The predicted molar refractivity (Wildman–Crippen MR) is 107 cm³/mol. The van der Waals surface area contributed by atoms with Gasteiger partial charge in [-0.15, -0.1) is 12.3 Å². The van der Waals surface area contributed by atoms with E-state index in [0.717, 1.165) is 23.7 Å². The zero-order valence-corrected chi connectivity index (χ0v) is 16.3. The molecule has 2 aromatic rings. The number of terminal acetylenes is 1. The van der Waals surface area contributed by atoms with Crippen molar-refractivity contribution in [3.63, 3.8) is 0 Å². The highest BCUT2D eigenvalue weighted by atomic mass is 16.5. The third kappa shape index (κ3) is 4.58. The molecule has 1 aromatic carbocycles. The standard InChI is InChI=1S/C21H25N5O2/c1-4-6-13-21(23-24-21)14-11-20(27)25(16-18-12-15-22-26(18)5-2)17-7-9-19(28-3)10-8-17/h1,7-10,12,15H,5-6,11,13-14,16H2,2-3H3. The van der Waals surface area contributed by atoms with Crippen molar-refractivity contribution in [1.29, 1.82) is 0 Å². The van der Waals surface area contributed by atoms with E-state index in [1.807, 2.05) is 41.9 Å². The number of rotatable bonds is 10. The first-order valence-electron chi connectivity index (χ1n) is 9.43. The van der Waals surface area contributed by atoms with Crippen molar-refractivity contribution in [1.82, 2.24) is 9.78 Å². The fourth-order valence-electron chi connectivity index (χ4n) is 3.14. The highest BCUT2D eigenvalue weighted by Gasteiger charge is 2.39. The molecule has 1 amide bonds. The minimum Gasteiger partial charge on any atom is -0.497 e. The summed E-state index contributed by atoms with van der Waals surface area (Å²) in [5.41, 5.74) is 1.34. The topological polar surface area (TPSA) is 72.1 Å². The van der Waals surface area contributed by atoms with Gasteiger partial charge in [-0.3, -0.25) is 9.48 Å². The van der Waals surface area contributed by atoms with Gasteiger partial charge in [0.25, 0.3) is 0 Å². The number of anilines is 1. The molecule has 0 N–H and O–H groups in total. The Labute approximate surface area is 165 Å². The van der Waals surface area contributed by atoms with Crippen molar-refractivity contribution in [2.75, 3.05) is 12.0 Å². The van der Waals surface area contributed by atoms with Crippen molar-refractivity contribution < 1.29 is 9.53 Å². The molecule has 0 spiro atoms. The van der Waals surface area contributed by atoms with E-state index >= 15 is 0 Å². The quantitative estimate of drug-likeness (QED) is 0.590. The molecule has 7 heteroatoms. The number of carbonyl (C=O) groups excluding carboxylic acids is 1. The lowest BCUT2D eigenvalue weighted by Crippen LogP contribution is -2.32. The van der Waals surface area contributed by atoms with Crippen molar-refractivity contribution in [2.45, 2.75) is 51.4 Å². The van der Waals surface area contributed by atoms with Crippen LogP contribution in [0.5, 0.6) is 5.75 Å². The molecule has 0 fully saturated rings. The molecule has 28 heavy (non-hydrogen) atoms. The van der Waals surface area contributed by atoms with Gasteiger partial charge in [0, 0.05) is 44.1 Å². The number of aromatic nitrogens is 2. The van der Waals surface area contributed by atoms with Crippen LogP contribution in [0.25, 0.3) is 0 Å². The van der Waals surface area contributed by atoms with Gasteiger partial charge in [-0.05, 0) is 37.3 Å². The number of hydrogen-bond donors (Lipinski definition) is 0. The van der Waals surface area contributed by atoms with Crippen LogP contribution in [0.1, 0.15) is 38.3 Å². The number of carbonyl (C=O) groups is 1. The van der Waals surface area contributed by atoms with Crippen LogP contribution in [0.15, 0.2) is 46.8 Å². The van der Waals surface area contributed by atoms with Crippen molar-refractivity contribution in [3.05, 3.63) is 42.2 Å². The normalized spacial score (nSPS) is 13.8. The van der Waals surface area contributed by atoms with Crippen LogP contribution in [-0.4, -0.2) is 28.5 Å². The van der Waals surface area contributed by atoms with Crippen molar-refractivity contribution in [2.24, 2.45) is 10.2 Å². The number of amides is 1. The second-order valence-corrected chi connectivity index (χ2v) is 6.70. The van der Waals surface area contributed by atoms with Gasteiger partial charge in [-0.2, -0.15) is 15.3 Å². The summed E-state index contributed by atoms with van der Waals surface area (Å²) in [5.74, 6) is 3.38. The molecule has 2 heterocycles. The Bertz CT molecular complexity index is 873. The van der Waals surface area contributed by atoms with Crippen molar-refractivity contribution in [3.8, 4) is 18.1 Å². The molecule has 1 aromatic heterocycles. The zero-order chi connectivity index (χ0) is 20.0. The minimum atomic E-state index is -0.460. The maximum atomic E-state index is 13.1. The Kier molecular flexibility index (Phi) is 6.09. The summed E-state index contributed by atoms with van der Waals surface area (Å²) in [5, 5.41) is 12.6. The maximum Gasteiger partial charge on any atom is 0.227 e. The molecule has 0 saturated heterocycles. The molecule has 1 aliphatic heterocycles. The lowest BCUT2D eigenvalue weighted by atomic mass is 10.0. The highest BCUT2D eigenvalue weighted by molar-refractivity contribution is 5.93. The van der Waals surface area contributed by atoms with Gasteiger partial charge in [0.15, 0.2) is 5.66 Å². The predicted octanol–water partition coefficient (Wildman–Crippen LogP) is 3.80. The average molecular weight is 379 g/mol. The molecule has 0 bridgehead atoms. The molecule has 0 atom stereocenters. The van der Waals surface area contributed by atoms with E-state index in [2.05, 4.69) is 21.2 Å². The third-order valence-corrected chi connectivity index (χ3v) is 4.90. The molecule has 1 aliphatic rings. The second kappa shape index (κ2) is 8.70. The SMILES string of the molecule is C#CCCC1(CCC(=O)N(Cc2ccnn2CC)c2ccc(OC)cc2)N=N1. The van der Waals surface area contributed by atoms with E-state index < -0.39 is 5.66 Å². The first-order chi connectivity index (χ1) is 13.6. The van der Waals surface area contributed by atoms with Gasteiger partial charge in [0.05, 0.1) is 19.3 Å². The van der Waals surface area contributed by atoms with Crippen LogP contribution >= 0.6 is 0 Å². The monoisotopic (exact) mass is 379 g/mol. The third-order valence-electron chi connectivity index (χ3n) is 4.90. The highest BCUT2D eigenvalue weighted by Crippen LogP contribution is 2.38. The number of ether oxygens (including phenoxy) is 1.